The van der Waals surface area contributed by atoms with E-state index in [0.29, 0.717) is 5.56 Å². The molecule has 0 saturated heterocycles. The molecule has 3 heteroatoms. The second-order valence-corrected chi connectivity index (χ2v) is 7.17. The summed E-state index contributed by atoms with van der Waals surface area (Å²) in [5.41, 5.74) is 6.84. The molecule has 0 fully saturated rings. The third-order valence-electron chi connectivity index (χ3n) is 4.96. The van der Waals surface area contributed by atoms with Crippen LogP contribution in [0.1, 0.15) is 39.0 Å². The standard InChI is InChI=1S/C26H24N2O/c1-19-8-5-12-22(18-19)26(29)28-24-13-6-11-21(25(24)23-14-7-17-27-23)16-15-20-9-3-2-4-10-20/h2-6,8-16,18,27H,7,17H2,1H3,(H,28,29)/b16-15+. The second kappa shape index (κ2) is 8.61. The van der Waals surface area contributed by atoms with Gasteiger partial charge in [-0.1, -0.05) is 78.4 Å². The van der Waals surface area contributed by atoms with Crippen molar-refractivity contribution in [2.45, 2.75) is 13.3 Å². The average Bonchev–Trinajstić information content (AvgIpc) is 3.27. The van der Waals surface area contributed by atoms with Crippen molar-refractivity contribution in [3.05, 3.63) is 107 Å². The number of rotatable bonds is 5. The summed E-state index contributed by atoms with van der Waals surface area (Å²) >= 11 is 0. The molecule has 0 spiro atoms. The second-order valence-electron chi connectivity index (χ2n) is 7.17. The molecule has 2 N–H and O–H groups in total. The van der Waals surface area contributed by atoms with Gasteiger partial charge < -0.3 is 10.6 Å². The van der Waals surface area contributed by atoms with E-state index in [1.807, 2.05) is 61.5 Å². The molecular weight excluding hydrogens is 356 g/mol. The van der Waals surface area contributed by atoms with Gasteiger partial charge in [-0.2, -0.15) is 0 Å². The van der Waals surface area contributed by atoms with Crippen LogP contribution >= 0.6 is 0 Å². The summed E-state index contributed by atoms with van der Waals surface area (Å²) in [7, 11) is 0. The molecule has 1 amide bonds. The quantitative estimate of drug-likeness (QED) is 0.553. The van der Waals surface area contributed by atoms with Crippen molar-refractivity contribution in [2.75, 3.05) is 11.9 Å². The molecule has 29 heavy (non-hydrogen) atoms. The molecule has 3 nitrogen and oxygen atoms in total. The van der Waals surface area contributed by atoms with Crippen LogP contribution in [0.5, 0.6) is 0 Å². The van der Waals surface area contributed by atoms with Crippen molar-refractivity contribution in [1.29, 1.82) is 0 Å². The van der Waals surface area contributed by atoms with Crippen LogP contribution in [-0.4, -0.2) is 12.5 Å². The van der Waals surface area contributed by atoms with Gasteiger partial charge in [0.05, 0.1) is 5.69 Å². The third-order valence-corrected chi connectivity index (χ3v) is 4.96. The molecule has 1 heterocycles. The fourth-order valence-electron chi connectivity index (χ4n) is 3.53. The van der Waals surface area contributed by atoms with Gasteiger partial charge in [0.25, 0.3) is 5.91 Å². The van der Waals surface area contributed by atoms with E-state index >= 15 is 0 Å². The molecule has 0 aliphatic carbocycles. The zero-order chi connectivity index (χ0) is 20.1. The monoisotopic (exact) mass is 380 g/mol. The lowest BCUT2D eigenvalue weighted by molar-refractivity contribution is 0.102. The molecule has 1 aliphatic heterocycles. The number of benzene rings is 3. The Labute approximate surface area is 171 Å². The first-order chi connectivity index (χ1) is 14.2. The Hall–Kier alpha value is -3.59. The number of aryl methyl sites for hydroxylation is 1. The number of nitrogens with one attached hydrogen (secondary N) is 2. The molecule has 3 aromatic rings. The van der Waals surface area contributed by atoms with E-state index in [2.05, 4.69) is 47.1 Å². The van der Waals surface area contributed by atoms with Gasteiger partial charge in [0.2, 0.25) is 0 Å². The van der Waals surface area contributed by atoms with Crippen LogP contribution in [0, 0.1) is 6.92 Å². The van der Waals surface area contributed by atoms with Crippen LogP contribution in [0.15, 0.2) is 78.9 Å². The van der Waals surface area contributed by atoms with Crippen molar-refractivity contribution >= 4 is 29.4 Å². The first-order valence-corrected chi connectivity index (χ1v) is 9.89. The minimum Gasteiger partial charge on any atom is -0.384 e. The lowest BCUT2D eigenvalue weighted by Gasteiger charge is -2.16. The Bertz CT molecular complexity index is 1080. The molecule has 4 rings (SSSR count). The van der Waals surface area contributed by atoms with Crippen molar-refractivity contribution in [3.8, 4) is 0 Å². The average molecular weight is 380 g/mol. The molecule has 1 aliphatic rings. The van der Waals surface area contributed by atoms with Gasteiger partial charge >= 0.3 is 0 Å². The van der Waals surface area contributed by atoms with E-state index < -0.39 is 0 Å². The van der Waals surface area contributed by atoms with Crippen LogP contribution in [0.25, 0.3) is 17.8 Å². The lowest BCUT2D eigenvalue weighted by Crippen LogP contribution is -2.16. The Balaban J connectivity index is 1.70. The topological polar surface area (TPSA) is 41.1 Å². The molecule has 3 aromatic carbocycles. The molecule has 0 saturated carbocycles. The fraction of sp³-hybridized carbons (Fsp3) is 0.115. The number of amides is 1. The molecule has 0 atom stereocenters. The minimum atomic E-state index is -0.0993. The predicted molar refractivity (Wildman–Crippen MR) is 122 cm³/mol. The Morgan fingerprint density at radius 1 is 0.966 bits per heavy atom. The maximum Gasteiger partial charge on any atom is 0.255 e. The summed E-state index contributed by atoms with van der Waals surface area (Å²) in [6.07, 6.45) is 7.38. The molecule has 0 aromatic heterocycles. The van der Waals surface area contributed by atoms with Gasteiger partial charge in [0.1, 0.15) is 0 Å². The summed E-state index contributed by atoms with van der Waals surface area (Å²) in [6.45, 7) is 2.90. The van der Waals surface area contributed by atoms with Crippen molar-refractivity contribution in [3.63, 3.8) is 0 Å². The van der Waals surface area contributed by atoms with Gasteiger partial charge in [-0.25, -0.2) is 0 Å². The van der Waals surface area contributed by atoms with Crippen molar-refractivity contribution in [1.82, 2.24) is 5.32 Å². The molecule has 0 bridgehead atoms. The van der Waals surface area contributed by atoms with Crippen LogP contribution in [0.3, 0.4) is 0 Å². The van der Waals surface area contributed by atoms with Gasteiger partial charge in [-0.05, 0) is 42.7 Å². The molecule has 0 unspecified atom stereocenters. The highest BCUT2D eigenvalue weighted by Crippen LogP contribution is 2.30. The van der Waals surface area contributed by atoms with Crippen LogP contribution < -0.4 is 10.6 Å². The van der Waals surface area contributed by atoms with E-state index in [4.69, 9.17) is 0 Å². The highest BCUT2D eigenvalue weighted by molar-refractivity contribution is 6.06. The van der Waals surface area contributed by atoms with E-state index in [1.54, 1.807) is 0 Å². The Morgan fingerprint density at radius 2 is 1.79 bits per heavy atom. The van der Waals surface area contributed by atoms with Crippen LogP contribution in [0.4, 0.5) is 5.69 Å². The molecular formula is C26H24N2O. The summed E-state index contributed by atoms with van der Waals surface area (Å²) in [6, 6.07) is 23.9. The van der Waals surface area contributed by atoms with Gasteiger partial charge in [-0.15, -0.1) is 0 Å². The molecule has 0 radical (unpaired) electrons. The maximum atomic E-state index is 12.9. The first-order valence-electron chi connectivity index (χ1n) is 9.89. The largest absolute Gasteiger partial charge is 0.384 e. The van der Waals surface area contributed by atoms with E-state index in [9.17, 15) is 4.79 Å². The Morgan fingerprint density at radius 3 is 2.55 bits per heavy atom. The zero-order valence-electron chi connectivity index (χ0n) is 16.5. The van der Waals surface area contributed by atoms with Gasteiger partial charge in [0, 0.05) is 23.4 Å². The van der Waals surface area contributed by atoms with Crippen LogP contribution in [-0.2, 0) is 0 Å². The highest BCUT2D eigenvalue weighted by Gasteiger charge is 2.16. The summed E-state index contributed by atoms with van der Waals surface area (Å²) in [5.74, 6) is -0.0993. The predicted octanol–water partition coefficient (Wildman–Crippen LogP) is 5.75. The Kier molecular flexibility index (Phi) is 5.57. The number of carbonyl (C=O) groups excluding carboxylic acids is 1. The van der Waals surface area contributed by atoms with E-state index in [1.165, 1.54) is 0 Å². The van der Waals surface area contributed by atoms with Crippen molar-refractivity contribution in [2.24, 2.45) is 0 Å². The smallest absolute Gasteiger partial charge is 0.255 e. The summed E-state index contributed by atoms with van der Waals surface area (Å²) in [4.78, 5) is 12.9. The van der Waals surface area contributed by atoms with Crippen LogP contribution in [0.2, 0.25) is 0 Å². The minimum absolute atomic E-state index is 0.0993. The number of hydrogen-bond acceptors (Lipinski definition) is 2. The molecule has 144 valence electrons. The lowest BCUT2D eigenvalue weighted by atomic mass is 10.00. The van der Waals surface area contributed by atoms with Gasteiger partial charge in [0.15, 0.2) is 0 Å². The highest BCUT2D eigenvalue weighted by atomic mass is 16.1. The number of carbonyl (C=O) groups is 1. The van der Waals surface area contributed by atoms with Gasteiger partial charge in [-0.3, -0.25) is 4.79 Å². The van der Waals surface area contributed by atoms with E-state index in [0.717, 1.165) is 46.6 Å². The van der Waals surface area contributed by atoms with Crippen molar-refractivity contribution < 1.29 is 4.79 Å². The third kappa shape index (κ3) is 4.46. The summed E-state index contributed by atoms with van der Waals surface area (Å²) in [5, 5.41) is 6.57. The zero-order valence-corrected chi connectivity index (χ0v) is 16.5. The normalized spacial score (nSPS) is 13.2. The number of hydrogen-bond donors (Lipinski definition) is 2. The number of anilines is 1. The summed E-state index contributed by atoms with van der Waals surface area (Å²) < 4.78 is 0. The van der Waals surface area contributed by atoms with E-state index in [-0.39, 0.29) is 5.91 Å². The SMILES string of the molecule is Cc1cccc(C(=O)Nc2cccc(/C=C/c3ccccc3)c2C2=CCCN2)c1. The first kappa shape index (κ1) is 18.8. The fourth-order valence-corrected chi connectivity index (χ4v) is 3.53. The maximum absolute atomic E-state index is 12.9.